The van der Waals surface area contributed by atoms with Crippen molar-refractivity contribution in [2.24, 2.45) is 11.8 Å². The monoisotopic (exact) mass is 210 g/mol. The minimum atomic E-state index is -1.26. The standard InChI is InChI=1S/C8H12O4.Ca/c9-7(10)5-3-1-2-4-6(5)8(11)12;/h5-6H,1-4H2,(H,9,10)(H,11,12);/q;+2/p-2/t5-,6-;/m1./s1. The Morgan fingerprint density at radius 1 is 0.923 bits per heavy atom. The molecule has 2 atom stereocenters. The summed E-state index contributed by atoms with van der Waals surface area (Å²) in [5.41, 5.74) is 0. The van der Waals surface area contributed by atoms with Gasteiger partial charge in [0.05, 0.1) is 0 Å². The molecule has 0 aliphatic heterocycles. The maximum atomic E-state index is 10.5. The van der Waals surface area contributed by atoms with Crippen molar-refractivity contribution in [3.63, 3.8) is 0 Å². The topological polar surface area (TPSA) is 80.3 Å². The van der Waals surface area contributed by atoms with E-state index in [4.69, 9.17) is 0 Å². The van der Waals surface area contributed by atoms with Crippen molar-refractivity contribution < 1.29 is 19.8 Å². The number of rotatable bonds is 2. The maximum Gasteiger partial charge on any atom is 2.00 e. The summed E-state index contributed by atoms with van der Waals surface area (Å²) in [4.78, 5) is 20.9. The van der Waals surface area contributed by atoms with Crippen LogP contribution in [0.15, 0.2) is 0 Å². The quantitative estimate of drug-likeness (QED) is 0.489. The molecular formula is C8H10CaO4. The van der Waals surface area contributed by atoms with Crippen LogP contribution in [0.2, 0.25) is 0 Å². The summed E-state index contributed by atoms with van der Waals surface area (Å²) in [7, 11) is 0. The van der Waals surface area contributed by atoms with Gasteiger partial charge < -0.3 is 19.8 Å². The molecule has 1 saturated carbocycles. The summed E-state index contributed by atoms with van der Waals surface area (Å²) in [6.07, 6.45) is 2.34. The zero-order valence-electron chi connectivity index (χ0n) is 7.32. The van der Waals surface area contributed by atoms with E-state index < -0.39 is 23.8 Å². The molecule has 0 spiro atoms. The predicted octanol–water partition coefficient (Wildman–Crippen LogP) is -2.09. The average molecular weight is 210 g/mol. The van der Waals surface area contributed by atoms with Gasteiger partial charge in [0.25, 0.3) is 0 Å². The normalized spacial score (nSPS) is 27.4. The second kappa shape index (κ2) is 5.83. The Labute approximate surface area is 106 Å². The van der Waals surface area contributed by atoms with Crippen LogP contribution in [0.25, 0.3) is 0 Å². The largest absolute Gasteiger partial charge is 2.00 e. The Balaban J connectivity index is 0.00000144. The third-order valence-corrected chi connectivity index (χ3v) is 2.37. The summed E-state index contributed by atoms with van der Waals surface area (Å²) < 4.78 is 0. The Morgan fingerprint density at radius 3 is 1.46 bits per heavy atom. The Kier molecular flexibility index (Phi) is 5.92. The molecule has 13 heavy (non-hydrogen) atoms. The van der Waals surface area contributed by atoms with E-state index in [1.54, 1.807) is 0 Å². The second-order valence-electron chi connectivity index (χ2n) is 3.14. The average Bonchev–Trinajstić information content (AvgIpc) is 2.04. The van der Waals surface area contributed by atoms with Crippen molar-refractivity contribution in [1.29, 1.82) is 0 Å². The molecule has 0 aromatic rings. The summed E-state index contributed by atoms with van der Waals surface area (Å²) in [6, 6.07) is 0. The molecule has 0 N–H and O–H groups in total. The molecule has 4 nitrogen and oxygen atoms in total. The maximum absolute atomic E-state index is 10.5. The van der Waals surface area contributed by atoms with E-state index in [1.165, 1.54) is 0 Å². The molecule has 5 heteroatoms. The molecule has 0 unspecified atom stereocenters. The first-order valence-corrected chi connectivity index (χ1v) is 4.04. The van der Waals surface area contributed by atoms with Crippen LogP contribution in [0.4, 0.5) is 0 Å². The van der Waals surface area contributed by atoms with E-state index in [0.717, 1.165) is 12.8 Å². The number of aliphatic carboxylic acids is 2. The van der Waals surface area contributed by atoms with E-state index in [0.29, 0.717) is 12.8 Å². The number of carbonyl (C=O) groups excluding carboxylic acids is 2. The number of carboxylic acid groups (broad SMARTS) is 2. The molecule has 1 rings (SSSR count). The second-order valence-corrected chi connectivity index (χ2v) is 3.14. The fourth-order valence-electron chi connectivity index (χ4n) is 1.70. The van der Waals surface area contributed by atoms with E-state index in [1.807, 2.05) is 0 Å². The van der Waals surface area contributed by atoms with Gasteiger partial charge in [0.1, 0.15) is 0 Å². The van der Waals surface area contributed by atoms with Gasteiger partial charge in [0.2, 0.25) is 0 Å². The molecule has 0 aromatic heterocycles. The fourth-order valence-corrected chi connectivity index (χ4v) is 1.70. The number of carbonyl (C=O) groups is 2. The number of hydrogen-bond acceptors (Lipinski definition) is 4. The summed E-state index contributed by atoms with van der Waals surface area (Å²) >= 11 is 0. The van der Waals surface area contributed by atoms with Crippen LogP contribution < -0.4 is 10.2 Å². The number of carboxylic acids is 2. The zero-order valence-corrected chi connectivity index (χ0v) is 9.53. The fraction of sp³-hybridized carbons (Fsp3) is 0.750. The van der Waals surface area contributed by atoms with Crippen molar-refractivity contribution in [2.45, 2.75) is 25.7 Å². The summed E-state index contributed by atoms with van der Waals surface area (Å²) in [5.74, 6) is -4.21. The van der Waals surface area contributed by atoms with E-state index in [9.17, 15) is 19.8 Å². The zero-order chi connectivity index (χ0) is 9.14. The van der Waals surface area contributed by atoms with E-state index in [-0.39, 0.29) is 37.7 Å². The molecule has 68 valence electrons. The molecule has 0 aromatic carbocycles. The van der Waals surface area contributed by atoms with Crippen molar-refractivity contribution in [1.82, 2.24) is 0 Å². The van der Waals surface area contributed by atoms with Crippen LogP contribution in [0, 0.1) is 11.8 Å². The molecule has 0 bridgehead atoms. The molecule has 1 aliphatic carbocycles. The van der Waals surface area contributed by atoms with Crippen LogP contribution in [0.5, 0.6) is 0 Å². The van der Waals surface area contributed by atoms with Crippen LogP contribution in [0.3, 0.4) is 0 Å². The van der Waals surface area contributed by atoms with Gasteiger partial charge in [-0.3, -0.25) is 0 Å². The van der Waals surface area contributed by atoms with E-state index >= 15 is 0 Å². The van der Waals surface area contributed by atoms with Gasteiger partial charge in [-0.2, -0.15) is 0 Å². The smallest absolute Gasteiger partial charge is 0.550 e. The summed E-state index contributed by atoms with van der Waals surface area (Å²) in [5, 5.41) is 20.9. The van der Waals surface area contributed by atoms with Gasteiger partial charge in [-0.15, -0.1) is 0 Å². The van der Waals surface area contributed by atoms with Gasteiger partial charge in [-0.05, 0) is 12.8 Å². The van der Waals surface area contributed by atoms with Crippen molar-refractivity contribution in [2.75, 3.05) is 0 Å². The van der Waals surface area contributed by atoms with Crippen molar-refractivity contribution >= 4 is 49.7 Å². The van der Waals surface area contributed by atoms with E-state index in [2.05, 4.69) is 0 Å². The molecule has 1 aliphatic rings. The Morgan fingerprint density at radius 2 is 1.23 bits per heavy atom. The first kappa shape index (κ1) is 13.2. The molecule has 0 heterocycles. The third kappa shape index (κ3) is 3.44. The van der Waals surface area contributed by atoms with Gasteiger partial charge in [0.15, 0.2) is 0 Å². The first-order valence-electron chi connectivity index (χ1n) is 4.04. The molecule has 0 amide bonds. The minimum absolute atomic E-state index is 0. The Bertz CT molecular complexity index is 182. The molecule has 0 radical (unpaired) electrons. The van der Waals surface area contributed by atoms with Gasteiger partial charge in [-0.25, -0.2) is 0 Å². The van der Waals surface area contributed by atoms with Crippen molar-refractivity contribution in [3.8, 4) is 0 Å². The van der Waals surface area contributed by atoms with Gasteiger partial charge in [0, 0.05) is 23.8 Å². The molecular weight excluding hydrogens is 200 g/mol. The van der Waals surface area contributed by atoms with Gasteiger partial charge in [-0.1, -0.05) is 12.8 Å². The number of hydrogen-bond donors (Lipinski definition) is 0. The van der Waals surface area contributed by atoms with Crippen molar-refractivity contribution in [3.05, 3.63) is 0 Å². The molecule has 0 saturated heterocycles. The first-order chi connectivity index (χ1) is 5.63. The van der Waals surface area contributed by atoms with Gasteiger partial charge >= 0.3 is 37.7 Å². The summed E-state index contributed by atoms with van der Waals surface area (Å²) in [6.45, 7) is 0. The molecule has 1 fully saturated rings. The van der Waals surface area contributed by atoms with Crippen LogP contribution >= 0.6 is 0 Å². The van der Waals surface area contributed by atoms with Crippen LogP contribution in [-0.2, 0) is 9.59 Å². The third-order valence-electron chi connectivity index (χ3n) is 2.37. The Hall–Kier alpha value is 0.200. The van der Waals surface area contributed by atoms with Crippen LogP contribution in [-0.4, -0.2) is 49.7 Å². The predicted molar refractivity (Wildman–Crippen MR) is 41.2 cm³/mol. The minimum Gasteiger partial charge on any atom is -0.550 e. The SMILES string of the molecule is O=C([O-])[C@@H]1CCCC[C@H]1C(=O)[O-].[Ca+2]. The van der Waals surface area contributed by atoms with Crippen LogP contribution in [0.1, 0.15) is 25.7 Å².